The quantitative estimate of drug-likeness (QED) is 0.253. The molecule has 8 nitrogen and oxygen atoms in total. The molecule has 1 saturated heterocycles. The molecule has 1 aliphatic carbocycles. The topological polar surface area (TPSA) is 80.3 Å². The van der Waals surface area contributed by atoms with Crippen molar-refractivity contribution >= 4 is 11.8 Å². The molecule has 2 amide bonds. The molecule has 5 rings (SSSR count). The van der Waals surface area contributed by atoms with Crippen molar-refractivity contribution in [2.24, 2.45) is 11.8 Å². The minimum absolute atomic E-state index is 0.00834. The second-order valence-electron chi connectivity index (χ2n) is 12.7. The van der Waals surface area contributed by atoms with Crippen LogP contribution in [0.2, 0.25) is 0 Å². The number of ether oxygens (including phenoxy) is 3. The van der Waals surface area contributed by atoms with Gasteiger partial charge in [0.05, 0.1) is 26.9 Å². The number of carbonyl (C=O) groups is 2. The summed E-state index contributed by atoms with van der Waals surface area (Å²) in [7, 11) is 7.31. The predicted molar refractivity (Wildman–Crippen MR) is 180 cm³/mol. The summed E-state index contributed by atoms with van der Waals surface area (Å²) in [6.07, 6.45) is 5.22. The largest absolute Gasteiger partial charge is 0.497 e. The third-order valence-corrected chi connectivity index (χ3v) is 9.60. The minimum Gasteiger partial charge on any atom is -0.497 e. The lowest BCUT2D eigenvalue weighted by Gasteiger charge is -2.39. The van der Waals surface area contributed by atoms with Crippen LogP contribution in [-0.4, -0.2) is 82.2 Å². The number of hydrogen-bond acceptors (Lipinski definition) is 6. The zero-order valence-corrected chi connectivity index (χ0v) is 27.7. The average Bonchev–Trinajstić information content (AvgIpc) is 3.58. The lowest BCUT2D eigenvalue weighted by atomic mass is 9.77. The third-order valence-electron chi connectivity index (χ3n) is 9.60. The number of amides is 2. The Kier molecular flexibility index (Phi) is 11.4. The van der Waals surface area contributed by atoms with Crippen molar-refractivity contribution < 1.29 is 23.8 Å². The number of nitrogens with zero attached hydrogens (tertiary/aromatic N) is 2. The lowest BCUT2D eigenvalue weighted by Crippen LogP contribution is -2.49. The van der Waals surface area contributed by atoms with E-state index in [0.29, 0.717) is 19.7 Å². The third kappa shape index (κ3) is 7.39. The summed E-state index contributed by atoms with van der Waals surface area (Å²) in [5.41, 5.74) is 1.96. The molecule has 3 aromatic rings. The molecule has 3 unspecified atom stereocenters. The van der Waals surface area contributed by atoms with Crippen LogP contribution in [0.4, 0.5) is 0 Å². The van der Waals surface area contributed by atoms with Crippen LogP contribution >= 0.6 is 0 Å². The van der Waals surface area contributed by atoms with Gasteiger partial charge in [0, 0.05) is 31.5 Å². The van der Waals surface area contributed by atoms with E-state index in [2.05, 4.69) is 41.7 Å². The number of benzene rings is 3. The van der Waals surface area contributed by atoms with E-state index in [-0.39, 0.29) is 29.7 Å². The highest BCUT2D eigenvalue weighted by atomic mass is 16.5. The van der Waals surface area contributed by atoms with Crippen molar-refractivity contribution in [2.75, 3.05) is 54.6 Å². The lowest BCUT2D eigenvalue weighted by molar-refractivity contribution is -0.146. The predicted octanol–water partition coefficient (Wildman–Crippen LogP) is 5.49. The monoisotopic (exact) mass is 627 g/mol. The number of hydrogen-bond donors (Lipinski definition) is 1. The van der Waals surface area contributed by atoms with E-state index in [0.717, 1.165) is 73.3 Å². The first-order chi connectivity index (χ1) is 22.4. The molecule has 246 valence electrons. The molecule has 1 aliphatic heterocycles. The highest BCUT2D eigenvalue weighted by Gasteiger charge is 2.43. The number of rotatable bonds is 13. The standard InChI is InChI=1S/C38H49N3O5/c1-40(2)26-24-39-36(42)34-14-8-9-15-35(34)37(43)41-25-10-13-31(41)27-46-38(28-11-6-5-7-12-28,29-16-20-32(44-3)21-17-29)30-18-22-33(45-4)23-19-30/h5-7,11-12,16-23,31,34-35H,8-10,13-15,24-27H2,1-4H3,(H,39,42). The molecular weight excluding hydrogens is 578 g/mol. The molecule has 0 radical (unpaired) electrons. The Morgan fingerprint density at radius 2 is 1.35 bits per heavy atom. The molecule has 2 fully saturated rings. The van der Waals surface area contributed by atoms with Crippen molar-refractivity contribution in [3.8, 4) is 11.5 Å². The van der Waals surface area contributed by atoms with Crippen LogP contribution in [0.1, 0.15) is 55.2 Å². The maximum Gasteiger partial charge on any atom is 0.226 e. The van der Waals surface area contributed by atoms with Gasteiger partial charge in [0.2, 0.25) is 11.8 Å². The molecule has 1 saturated carbocycles. The number of carbonyl (C=O) groups excluding carboxylic acids is 2. The van der Waals surface area contributed by atoms with Crippen LogP contribution < -0.4 is 14.8 Å². The Hall–Kier alpha value is -3.88. The Morgan fingerprint density at radius 3 is 1.91 bits per heavy atom. The minimum atomic E-state index is -0.948. The first-order valence-corrected chi connectivity index (χ1v) is 16.6. The Morgan fingerprint density at radius 1 is 0.783 bits per heavy atom. The first kappa shape index (κ1) is 33.5. The molecule has 1 heterocycles. The van der Waals surface area contributed by atoms with E-state index in [1.807, 2.05) is 66.4 Å². The van der Waals surface area contributed by atoms with Crippen molar-refractivity contribution in [3.63, 3.8) is 0 Å². The van der Waals surface area contributed by atoms with Crippen molar-refractivity contribution in [2.45, 2.75) is 50.2 Å². The summed E-state index contributed by atoms with van der Waals surface area (Å²) < 4.78 is 18.2. The van der Waals surface area contributed by atoms with Gasteiger partial charge in [-0.3, -0.25) is 9.59 Å². The molecule has 0 aromatic heterocycles. The van der Waals surface area contributed by atoms with Gasteiger partial charge in [-0.25, -0.2) is 0 Å². The van der Waals surface area contributed by atoms with Crippen LogP contribution in [0.25, 0.3) is 0 Å². The first-order valence-electron chi connectivity index (χ1n) is 16.6. The summed E-state index contributed by atoms with van der Waals surface area (Å²) in [6, 6.07) is 26.2. The van der Waals surface area contributed by atoms with E-state index in [1.54, 1.807) is 14.2 Å². The van der Waals surface area contributed by atoms with Gasteiger partial charge in [0.1, 0.15) is 17.1 Å². The van der Waals surface area contributed by atoms with Crippen molar-refractivity contribution in [1.82, 2.24) is 15.1 Å². The van der Waals surface area contributed by atoms with Crippen molar-refractivity contribution in [3.05, 3.63) is 95.6 Å². The van der Waals surface area contributed by atoms with Gasteiger partial charge in [-0.2, -0.15) is 0 Å². The van der Waals surface area contributed by atoms with Crippen molar-refractivity contribution in [1.29, 1.82) is 0 Å². The van der Waals surface area contributed by atoms with Gasteiger partial charge in [-0.1, -0.05) is 67.4 Å². The second-order valence-corrected chi connectivity index (χ2v) is 12.7. The van der Waals surface area contributed by atoms with Crippen LogP contribution in [0.15, 0.2) is 78.9 Å². The summed E-state index contributed by atoms with van der Waals surface area (Å²) >= 11 is 0. The zero-order valence-electron chi connectivity index (χ0n) is 27.7. The van der Waals surface area contributed by atoms with E-state index in [4.69, 9.17) is 14.2 Å². The highest BCUT2D eigenvalue weighted by Crippen LogP contribution is 2.42. The fourth-order valence-corrected chi connectivity index (χ4v) is 7.08. The fraction of sp³-hybridized carbons (Fsp3) is 0.474. The van der Waals surface area contributed by atoms with Crippen LogP contribution in [0, 0.1) is 11.8 Å². The number of likely N-dealkylation sites (tertiary alicyclic amines) is 1. The van der Waals surface area contributed by atoms with E-state index in [9.17, 15) is 9.59 Å². The maximum atomic E-state index is 14.2. The van der Waals surface area contributed by atoms with Crippen LogP contribution in [0.5, 0.6) is 11.5 Å². The maximum absolute atomic E-state index is 14.2. The fourth-order valence-electron chi connectivity index (χ4n) is 7.08. The number of likely N-dealkylation sites (N-methyl/N-ethyl adjacent to an activating group) is 1. The SMILES string of the molecule is COc1ccc(C(OCC2CCCN2C(=O)C2CCCCC2C(=O)NCCN(C)C)(c2ccccc2)c2ccc(OC)cc2)cc1. The van der Waals surface area contributed by atoms with E-state index < -0.39 is 5.60 Å². The molecule has 3 atom stereocenters. The smallest absolute Gasteiger partial charge is 0.226 e. The molecule has 0 bridgehead atoms. The molecule has 2 aliphatic rings. The molecule has 46 heavy (non-hydrogen) atoms. The summed E-state index contributed by atoms with van der Waals surface area (Å²) in [5, 5.41) is 3.09. The van der Waals surface area contributed by atoms with Crippen LogP contribution in [-0.2, 0) is 19.9 Å². The number of nitrogens with one attached hydrogen (secondary N) is 1. The Labute approximate surface area is 274 Å². The van der Waals surface area contributed by atoms with Gasteiger partial charge in [-0.15, -0.1) is 0 Å². The molecule has 3 aromatic carbocycles. The zero-order chi connectivity index (χ0) is 32.5. The second kappa shape index (κ2) is 15.6. The summed E-state index contributed by atoms with van der Waals surface area (Å²) in [6.45, 7) is 2.39. The normalized spacial score (nSPS) is 20.0. The van der Waals surface area contributed by atoms with Gasteiger partial charge >= 0.3 is 0 Å². The van der Waals surface area contributed by atoms with E-state index in [1.165, 1.54) is 0 Å². The molecule has 8 heteroatoms. The summed E-state index contributed by atoms with van der Waals surface area (Å²) in [5.74, 6) is 1.05. The average molecular weight is 628 g/mol. The highest BCUT2D eigenvalue weighted by molar-refractivity contribution is 5.88. The van der Waals surface area contributed by atoms with Gasteiger partial charge in [0.15, 0.2) is 0 Å². The Bertz CT molecular complexity index is 1360. The molecule has 0 spiro atoms. The van der Waals surface area contributed by atoms with Gasteiger partial charge < -0.3 is 29.3 Å². The van der Waals surface area contributed by atoms with Gasteiger partial charge in [0.25, 0.3) is 0 Å². The van der Waals surface area contributed by atoms with Crippen LogP contribution in [0.3, 0.4) is 0 Å². The van der Waals surface area contributed by atoms with E-state index >= 15 is 0 Å². The van der Waals surface area contributed by atoms with Gasteiger partial charge in [-0.05, 0) is 80.7 Å². The Balaban J connectivity index is 1.44. The molecular formula is C38H49N3O5. The number of methoxy groups -OCH3 is 2. The molecule has 1 N–H and O–H groups in total. The summed E-state index contributed by atoms with van der Waals surface area (Å²) in [4.78, 5) is 31.6.